The van der Waals surface area contributed by atoms with E-state index in [9.17, 15) is 4.79 Å². The normalized spacial score (nSPS) is 16.8. The molecule has 1 aliphatic rings. The summed E-state index contributed by atoms with van der Waals surface area (Å²) in [4.78, 5) is 13.3. The number of nitrogens with two attached hydrogens (primary N) is 1. The number of aliphatic hydroxyl groups excluding tert-OH is 1. The molecule has 1 aromatic rings. The van der Waals surface area contributed by atoms with Crippen molar-refractivity contribution in [2.45, 2.75) is 13.5 Å². The van der Waals surface area contributed by atoms with Gasteiger partial charge < -0.3 is 10.8 Å². The minimum atomic E-state index is -0.385. The number of hydrogen-bond acceptors (Lipinski definition) is 3. The second kappa shape index (κ2) is 4.85. The van der Waals surface area contributed by atoms with Crippen molar-refractivity contribution >= 4 is 5.91 Å². The number of aliphatic hydroxyl groups is 1. The van der Waals surface area contributed by atoms with Gasteiger partial charge in [-0.3, -0.25) is 9.69 Å². The lowest BCUT2D eigenvalue weighted by molar-refractivity contribution is 0.0478. The summed E-state index contributed by atoms with van der Waals surface area (Å²) >= 11 is 0. The van der Waals surface area contributed by atoms with Crippen LogP contribution < -0.4 is 5.73 Å². The lowest BCUT2D eigenvalue weighted by Gasteiger charge is -2.38. The number of aryl methyl sites for hydroxylation is 1. The van der Waals surface area contributed by atoms with Crippen LogP contribution in [0.5, 0.6) is 0 Å². The molecule has 1 amide bonds. The molecule has 1 fully saturated rings. The Bertz CT molecular complexity index is 425. The topological polar surface area (TPSA) is 66.6 Å². The molecule has 1 aliphatic heterocycles. The largest absolute Gasteiger partial charge is 0.396 e. The number of primary amides is 1. The van der Waals surface area contributed by atoms with Crippen LogP contribution in [0.2, 0.25) is 0 Å². The Balaban J connectivity index is 2.00. The van der Waals surface area contributed by atoms with Crippen molar-refractivity contribution in [3.8, 4) is 0 Å². The first-order valence-electron chi connectivity index (χ1n) is 5.82. The maximum Gasteiger partial charge on any atom is 0.248 e. The molecule has 3 N–H and O–H groups in total. The minimum Gasteiger partial charge on any atom is -0.396 e. The smallest absolute Gasteiger partial charge is 0.248 e. The van der Waals surface area contributed by atoms with E-state index < -0.39 is 0 Å². The van der Waals surface area contributed by atoms with Crippen molar-refractivity contribution in [3.05, 3.63) is 34.9 Å². The number of carbonyl (C=O) groups excluding carboxylic acids is 1. The highest BCUT2D eigenvalue weighted by atomic mass is 16.3. The van der Waals surface area contributed by atoms with Gasteiger partial charge in [-0.25, -0.2) is 0 Å². The maximum atomic E-state index is 11.0. The van der Waals surface area contributed by atoms with E-state index in [2.05, 4.69) is 4.90 Å². The van der Waals surface area contributed by atoms with Crippen LogP contribution in [0.25, 0.3) is 0 Å². The molecule has 2 rings (SSSR count). The number of nitrogens with zero attached hydrogens (tertiary/aromatic N) is 1. The molecular formula is C13H18N2O2. The number of likely N-dealkylation sites (tertiary alicyclic amines) is 1. The lowest BCUT2D eigenvalue weighted by Crippen LogP contribution is -2.47. The van der Waals surface area contributed by atoms with Gasteiger partial charge in [-0.05, 0) is 30.2 Å². The SMILES string of the molecule is Cc1cc(C(N)=O)ccc1CN1CC(CO)C1. The van der Waals surface area contributed by atoms with Crippen LogP contribution >= 0.6 is 0 Å². The van der Waals surface area contributed by atoms with E-state index in [1.165, 1.54) is 5.56 Å². The summed E-state index contributed by atoms with van der Waals surface area (Å²) in [5, 5.41) is 8.94. The van der Waals surface area contributed by atoms with Gasteiger partial charge in [0.05, 0.1) is 0 Å². The first-order valence-corrected chi connectivity index (χ1v) is 5.82. The van der Waals surface area contributed by atoms with Crippen LogP contribution in [0.15, 0.2) is 18.2 Å². The van der Waals surface area contributed by atoms with E-state index >= 15 is 0 Å². The fourth-order valence-corrected chi connectivity index (χ4v) is 2.19. The zero-order valence-corrected chi connectivity index (χ0v) is 10.0. The number of hydrogen-bond donors (Lipinski definition) is 2. The molecule has 0 bridgehead atoms. The third kappa shape index (κ3) is 2.65. The summed E-state index contributed by atoms with van der Waals surface area (Å²) in [6, 6.07) is 5.57. The Morgan fingerprint density at radius 1 is 1.53 bits per heavy atom. The van der Waals surface area contributed by atoms with Crippen molar-refractivity contribution in [2.75, 3.05) is 19.7 Å². The molecule has 0 atom stereocenters. The van der Waals surface area contributed by atoms with Gasteiger partial charge in [0, 0.05) is 37.7 Å². The molecule has 0 saturated carbocycles. The van der Waals surface area contributed by atoms with Gasteiger partial charge in [0.1, 0.15) is 0 Å². The number of carbonyl (C=O) groups is 1. The van der Waals surface area contributed by atoms with E-state index in [1.807, 2.05) is 19.1 Å². The van der Waals surface area contributed by atoms with Gasteiger partial charge in [0.15, 0.2) is 0 Å². The minimum absolute atomic E-state index is 0.274. The van der Waals surface area contributed by atoms with Gasteiger partial charge in [-0.2, -0.15) is 0 Å². The van der Waals surface area contributed by atoms with Crippen LogP contribution in [0.4, 0.5) is 0 Å². The van der Waals surface area contributed by atoms with Crippen molar-refractivity contribution in [1.82, 2.24) is 4.90 Å². The molecule has 1 heterocycles. The second-order valence-electron chi connectivity index (χ2n) is 4.75. The van der Waals surface area contributed by atoms with Crippen molar-refractivity contribution in [1.29, 1.82) is 0 Å². The first-order chi connectivity index (χ1) is 8.10. The maximum absolute atomic E-state index is 11.0. The molecular weight excluding hydrogens is 216 g/mol. The number of rotatable bonds is 4. The average Bonchev–Trinajstić information content (AvgIpc) is 2.24. The molecule has 17 heavy (non-hydrogen) atoms. The molecule has 0 spiro atoms. The van der Waals surface area contributed by atoms with Crippen molar-refractivity contribution < 1.29 is 9.90 Å². The first kappa shape index (κ1) is 12.1. The Kier molecular flexibility index (Phi) is 3.45. The molecule has 0 aromatic heterocycles. The zero-order chi connectivity index (χ0) is 12.4. The van der Waals surface area contributed by atoms with Crippen LogP contribution in [0.1, 0.15) is 21.5 Å². The summed E-state index contributed by atoms with van der Waals surface area (Å²) in [5.74, 6) is 0.0455. The van der Waals surface area contributed by atoms with E-state index in [-0.39, 0.29) is 12.5 Å². The third-order valence-electron chi connectivity index (χ3n) is 3.31. The van der Waals surface area contributed by atoms with E-state index in [0.29, 0.717) is 11.5 Å². The molecule has 4 nitrogen and oxygen atoms in total. The summed E-state index contributed by atoms with van der Waals surface area (Å²) in [6.07, 6.45) is 0. The lowest BCUT2D eigenvalue weighted by atomic mass is 9.98. The highest BCUT2D eigenvalue weighted by Gasteiger charge is 2.25. The molecule has 1 aromatic carbocycles. The molecule has 0 radical (unpaired) electrons. The molecule has 92 valence electrons. The quantitative estimate of drug-likeness (QED) is 0.798. The standard InChI is InChI=1S/C13H18N2O2/c1-9-4-11(13(14)17)2-3-12(9)7-15-5-10(6-15)8-16/h2-4,10,16H,5-8H2,1H3,(H2,14,17). The Hall–Kier alpha value is -1.39. The highest BCUT2D eigenvalue weighted by molar-refractivity contribution is 5.93. The number of benzene rings is 1. The summed E-state index contributed by atoms with van der Waals surface area (Å²) in [5.41, 5.74) is 8.09. The summed E-state index contributed by atoms with van der Waals surface area (Å²) in [6.45, 7) is 5.05. The second-order valence-corrected chi connectivity index (χ2v) is 4.75. The molecule has 0 unspecified atom stereocenters. The van der Waals surface area contributed by atoms with Gasteiger partial charge >= 0.3 is 0 Å². The van der Waals surface area contributed by atoms with E-state index in [4.69, 9.17) is 10.8 Å². The predicted molar refractivity (Wildman–Crippen MR) is 65.5 cm³/mol. The van der Waals surface area contributed by atoms with Crippen molar-refractivity contribution in [2.24, 2.45) is 11.7 Å². The highest BCUT2D eigenvalue weighted by Crippen LogP contribution is 2.20. The Morgan fingerprint density at radius 3 is 2.76 bits per heavy atom. The molecule has 0 aliphatic carbocycles. The predicted octanol–water partition coefficient (Wildman–Crippen LogP) is 0.518. The van der Waals surface area contributed by atoms with Crippen LogP contribution in [-0.2, 0) is 6.54 Å². The zero-order valence-electron chi connectivity index (χ0n) is 10.0. The average molecular weight is 234 g/mol. The molecule has 4 heteroatoms. The van der Waals surface area contributed by atoms with Gasteiger partial charge in [0.25, 0.3) is 0 Å². The van der Waals surface area contributed by atoms with E-state index in [0.717, 1.165) is 25.2 Å². The van der Waals surface area contributed by atoms with Gasteiger partial charge in [-0.15, -0.1) is 0 Å². The molecule has 1 saturated heterocycles. The van der Waals surface area contributed by atoms with Crippen LogP contribution in [0.3, 0.4) is 0 Å². The van der Waals surface area contributed by atoms with Crippen LogP contribution in [-0.4, -0.2) is 35.6 Å². The summed E-state index contributed by atoms with van der Waals surface area (Å²) in [7, 11) is 0. The summed E-state index contributed by atoms with van der Waals surface area (Å²) < 4.78 is 0. The number of amides is 1. The fraction of sp³-hybridized carbons (Fsp3) is 0.462. The fourth-order valence-electron chi connectivity index (χ4n) is 2.19. The Labute approximate surface area is 101 Å². The van der Waals surface area contributed by atoms with Crippen molar-refractivity contribution in [3.63, 3.8) is 0 Å². The van der Waals surface area contributed by atoms with Gasteiger partial charge in [0.2, 0.25) is 5.91 Å². The monoisotopic (exact) mass is 234 g/mol. The van der Waals surface area contributed by atoms with E-state index in [1.54, 1.807) is 6.07 Å². The third-order valence-corrected chi connectivity index (χ3v) is 3.31. The van der Waals surface area contributed by atoms with Gasteiger partial charge in [-0.1, -0.05) is 6.07 Å². The Morgan fingerprint density at radius 2 is 2.24 bits per heavy atom. The van der Waals surface area contributed by atoms with Crippen LogP contribution in [0, 0.1) is 12.8 Å².